The number of hydrogen-bond acceptors (Lipinski definition) is 2. The Balaban J connectivity index is 1.81. The average Bonchev–Trinajstić information content (AvgIpc) is 3.14. The normalized spacial score (nSPS) is 52.9. The van der Waals surface area contributed by atoms with Crippen LogP contribution >= 0.6 is 0 Å². The van der Waals surface area contributed by atoms with Gasteiger partial charge in [-0.1, -0.05) is 52.3 Å². The summed E-state index contributed by atoms with van der Waals surface area (Å²) in [6.07, 6.45) is 3.82. The molecule has 4 aliphatic carbocycles. The fraction of sp³-hybridized carbons (Fsp3) is 0.850. The lowest BCUT2D eigenvalue weighted by Gasteiger charge is -2.42. The van der Waals surface area contributed by atoms with Gasteiger partial charge in [0.05, 0.1) is 5.71 Å². The predicted octanol–water partition coefficient (Wildman–Crippen LogP) is 5.13. The Morgan fingerprint density at radius 1 is 0.955 bits per heavy atom. The highest BCUT2D eigenvalue weighted by Crippen LogP contribution is 2.66. The van der Waals surface area contributed by atoms with Gasteiger partial charge < -0.3 is 5.21 Å². The quantitative estimate of drug-likeness (QED) is 0.488. The Morgan fingerprint density at radius 2 is 1.59 bits per heavy atom. The molecule has 0 heterocycles. The van der Waals surface area contributed by atoms with Crippen LogP contribution in [0.1, 0.15) is 60.8 Å². The molecule has 6 atom stereocenters. The van der Waals surface area contributed by atoms with Crippen molar-refractivity contribution in [1.82, 2.24) is 0 Å². The van der Waals surface area contributed by atoms with Gasteiger partial charge in [-0.05, 0) is 65.3 Å². The van der Waals surface area contributed by atoms with Crippen LogP contribution in [0.2, 0.25) is 0 Å². The van der Waals surface area contributed by atoms with Gasteiger partial charge in [0.25, 0.3) is 0 Å². The molecule has 0 amide bonds. The zero-order valence-corrected chi connectivity index (χ0v) is 15.0. The fourth-order valence-electron chi connectivity index (χ4n) is 6.55. The molecule has 4 saturated carbocycles. The SMILES string of the molecule is C[C@@H]1[C@@H]2C[C@@H](C/C2=C2\C(=N\O)[C@@H]3C[C@H]2C(C)(C)[C@H]3C)C1(C)C. The summed E-state index contributed by atoms with van der Waals surface area (Å²) in [7, 11) is 0. The van der Waals surface area contributed by atoms with Crippen LogP contribution in [-0.4, -0.2) is 10.9 Å². The van der Waals surface area contributed by atoms with E-state index in [2.05, 4.69) is 46.7 Å². The van der Waals surface area contributed by atoms with Crippen LogP contribution in [0.5, 0.6) is 0 Å². The highest BCUT2D eigenvalue weighted by Gasteiger charge is 2.60. The maximum absolute atomic E-state index is 9.70. The van der Waals surface area contributed by atoms with Crippen LogP contribution in [0.25, 0.3) is 0 Å². The summed E-state index contributed by atoms with van der Waals surface area (Å²) in [5, 5.41) is 13.5. The van der Waals surface area contributed by atoms with Crippen molar-refractivity contribution < 1.29 is 5.21 Å². The molecule has 2 nitrogen and oxygen atoms in total. The Kier molecular flexibility index (Phi) is 2.81. The summed E-state index contributed by atoms with van der Waals surface area (Å²) in [6.45, 7) is 14.6. The predicted molar refractivity (Wildman–Crippen MR) is 89.9 cm³/mol. The van der Waals surface area contributed by atoms with Crippen LogP contribution < -0.4 is 0 Å². The first-order chi connectivity index (χ1) is 10.2. The molecule has 0 saturated heterocycles. The molecule has 0 aromatic carbocycles. The number of fused-ring (bicyclic) bond motifs is 4. The van der Waals surface area contributed by atoms with Gasteiger partial charge >= 0.3 is 0 Å². The van der Waals surface area contributed by atoms with Crippen LogP contribution in [-0.2, 0) is 0 Å². The second-order valence-corrected chi connectivity index (χ2v) is 9.78. The molecule has 122 valence electrons. The smallest absolute Gasteiger partial charge is 0.0864 e. The van der Waals surface area contributed by atoms with E-state index in [0.29, 0.717) is 28.6 Å². The molecular weight excluding hydrogens is 270 g/mol. The minimum atomic E-state index is 0.349. The van der Waals surface area contributed by atoms with E-state index in [1.54, 1.807) is 5.57 Å². The second-order valence-electron chi connectivity index (χ2n) is 9.78. The van der Waals surface area contributed by atoms with Crippen molar-refractivity contribution >= 4 is 5.71 Å². The Labute approximate surface area is 135 Å². The summed E-state index contributed by atoms with van der Waals surface area (Å²) in [5.41, 5.74) is 5.06. The number of rotatable bonds is 0. The number of oxime groups is 1. The van der Waals surface area contributed by atoms with E-state index in [0.717, 1.165) is 23.5 Å². The number of hydrogen-bond donors (Lipinski definition) is 1. The van der Waals surface area contributed by atoms with Crippen molar-refractivity contribution in [2.45, 2.75) is 60.8 Å². The average molecular weight is 301 g/mol. The molecule has 0 aromatic heterocycles. The van der Waals surface area contributed by atoms with Crippen molar-refractivity contribution in [3.05, 3.63) is 11.1 Å². The van der Waals surface area contributed by atoms with Crippen LogP contribution in [0.4, 0.5) is 0 Å². The first kappa shape index (κ1) is 14.8. The third-order valence-corrected chi connectivity index (χ3v) is 8.88. The number of nitrogens with zero attached hydrogens (tertiary/aromatic N) is 1. The van der Waals surface area contributed by atoms with Gasteiger partial charge in [0.15, 0.2) is 0 Å². The van der Waals surface area contributed by atoms with Gasteiger partial charge in [0.1, 0.15) is 0 Å². The molecule has 4 aliphatic rings. The Morgan fingerprint density at radius 3 is 2.14 bits per heavy atom. The molecule has 0 aromatic rings. The minimum Gasteiger partial charge on any atom is -0.411 e. The molecule has 4 bridgehead atoms. The van der Waals surface area contributed by atoms with E-state index in [9.17, 15) is 5.21 Å². The van der Waals surface area contributed by atoms with E-state index in [1.165, 1.54) is 24.8 Å². The van der Waals surface area contributed by atoms with Gasteiger partial charge in [0, 0.05) is 5.92 Å². The van der Waals surface area contributed by atoms with Crippen molar-refractivity contribution in [1.29, 1.82) is 0 Å². The van der Waals surface area contributed by atoms with Crippen LogP contribution in [0.15, 0.2) is 16.3 Å². The first-order valence-electron chi connectivity index (χ1n) is 9.16. The monoisotopic (exact) mass is 301 g/mol. The molecule has 2 heteroatoms. The molecule has 22 heavy (non-hydrogen) atoms. The van der Waals surface area contributed by atoms with Gasteiger partial charge in [-0.25, -0.2) is 0 Å². The lowest BCUT2D eigenvalue weighted by molar-refractivity contribution is 0.160. The molecule has 0 radical (unpaired) electrons. The molecular formula is C20H31NO. The summed E-state index contributed by atoms with van der Waals surface area (Å²) < 4.78 is 0. The van der Waals surface area contributed by atoms with Crippen molar-refractivity contribution in [3.63, 3.8) is 0 Å². The third-order valence-electron chi connectivity index (χ3n) is 8.88. The first-order valence-corrected chi connectivity index (χ1v) is 9.16. The van der Waals surface area contributed by atoms with Gasteiger partial charge in [-0.15, -0.1) is 0 Å². The van der Waals surface area contributed by atoms with E-state index < -0.39 is 0 Å². The molecule has 0 aliphatic heterocycles. The van der Waals surface area contributed by atoms with Gasteiger partial charge in [-0.2, -0.15) is 0 Å². The maximum atomic E-state index is 9.70. The highest BCUT2D eigenvalue weighted by atomic mass is 16.4. The summed E-state index contributed by atoms with van der Waals surface area (Å²) >= 11 is 0. The Hall–Kier alpha value is -0.790. The lowest BCUT2D eigenvalue weighted by Crippen LogP contribution is -2.37. The largest absolute Gasteiger partial charge is 0.411 e. The van der Waals surface area contributed by atoms with Crippen molar-refractivity contribution in [3.8, 4) is 0 Å². The molecule has 0 unspecified atom stereocenters. The fourth-order valence-corrected chi connectivity index (χ4v) is 6.55. The van der Waals surface area contributed by atoms with Crippen molar-refractivity contribution in [2.24, 2.45) is 51.5 Å². The minimum absolute atomic E-state index is 0.349. The van der Waals surface area contributed by atoms with E-state index in [-0.39, 0.29) is 0 Å². The summed E-state index contributed by atoms with van der Waals surface area (Å²) in [4.78, 5) is 0. The van der Waals surface area contributed by atoms with Crippen LogP contribution in [0.3, 0.4) is 0 Å². The number of allylic oxidation sites excluding steroid dienone is 2. The zero-order chi connectivity index (χ0) is 16.0. The topological polar surface area (TPSA) is 32.6 Å². The lowest BCUT2D eigenvalue weighted by atomic mass is 9.62. The summed E-state index contributed by atoms with van der Waals surface area (Å²) in [5.74, 6) is 4.04. The van der Waals surface area contributed by atoms with Crippen LogP contribution in [0, 0.1) is 46.3 Å². The summed E-state index contributed by atoms with van der Waals surface area (Å²) in [6, 6.07) is 0. The third kappa shape index (κ3) is 1.50. The van der Waals surface area contributed by atoms with Gasteiger partial charge in [0.2, 0.25) is 0 Å². The maximum Gasteiger partial charge on any atom is 0.0864 e. The second kappa shape index (κ2) is 4.19. The molecule has 4 fully saturated rings. The van der Waals surface area contributed by atoms with Gasteiger partial charge in [-0.3, -0.25) is 0 Å². The van der Waals surface area contributed by atoms with E-state index in [1.807, 2.05) is 0 Å². The van der Waals surface area contributed by atoms with Crippen molar-refractivity contribution in [2.75, 3.05) is 0 Å². The van der Waals surface area contributed by atoms with E-state index in [4.69, 9.17) is 0 Å². The molecule has 0 spiro atoms. The zero-order valence-electron chi connectivity index (χ0n) is 15.0. The molecule has 4 rings (SSSR count). The standard InChI is InChI=1S/C20H31NO/c1-10-13-7-12(19(10,3)4)8-15(13)17-16-9-14(18(17)21-22)11(2)20(16,5)6/h10-14,16,22H,7-9H2,1-6H3/b17-15+,21-18+/t10-,11+,12+,13+,14-,16-/m1/s1. The molecule has 1 N–H and O–H groups in total. The highest BCUT2D eigenvalue weighted by molar-refractivity contribution is 6.06. The Bertz CT molecular complexity index is 579. The van der Waals surface area contributed by atoms with E-state index >= 15 is 0 Å².